The lowest BCUT2D eigenvalue weighted by Crippen LogP contribution is -2.40. The van der Waals surface area contributed by atoms with Crippen LogP contribution in [0.25, 0.3) is 0 Å². The number of rotatable bonds is 7. The van der Waals surface area contributed by atoms with Gasteiger partial charge in [-0.1, -0.05) is 11.6 Å². The van der Waals surface area contributed by atoms with Crippen LogP contribution in [-0.2, 0) is 12.6 Å². The van der Waals surface area contributed by atoms with Gasteiger partial charge < -0.3 is 15.4 Å². The molecule has 0 bridgehead atoms. The normalized spacial score (nSPS) is 11.7. The molecule has 0 fully saturated rings. The molecule has 2 heterocycles. The van der Waals surface area contributed by atoms with Crippen LogP contribution in [0.1, 0.15) is 16.3 Å². The lowest BCUT2D eigenvalue weighted by Gasteiger charge is -2.13. The van der Waals surface area contributed by atoms with Gasteiger partial charge in [0.05, 0.1) is 22.8 Å². The van der Waals surface area contributed by atoms with E-state index in [0.717, 1.165) is 23.2 Å². The second-order valence-electron chi connectivity index (χ2n) is 5.39. The van der Waals surface area contributed by atoms with E-state index in [9.17, 15) is 13.2 Å². The predicted molar refractivity (Wildman–Crippen MR) is 115 cm³/mol. The minimum absolute atomic E-state index is 0. The number of ether oxygens (including phenoxy) is 1. The summed E-state index contributed by atoms with van der Waals surface area (Å²) in [6.07, 6.45) is -3.03. The third-order valence-electron chi connectivity index (χ3n) is 3.33. The standard InChI is InChI=1S/C16H19ClF3N5OS.HI/c1-10-25-12(9-27-10)3-4-22-15(21-2)23-5-6-26-14-13(17)7-11(8-24-14)16(18,19)20;/h7-9H,3-6H2,1-2H3,(H2,21,22,23);1H. The third kappa shape index (κ3) is 7.95. The van der Waals surface area contributed by atoms with E-state index < -0.39 is 11.7 Å². The number of guanidine groups is 1. The topological polar surface area (TPSA) is 71.4 Å². The first-order valence-corrected chi connectivity index (χ1v) is 9.26. The largest absolute Gasteiger partial charge is 0.475 e. The maximum Gasteiger partial charge on any atom is 0.417 e. The van der Waals surface area contributed by atoms with E-state index in [-0.39, 0.29) is 41.5 Å². The molecule has 156 valence electrons. The van der Waals surface area contributed by atoms with Crippen molar-refractivity contribution in [2.45, 2.75) is 19.5 Å². The Bertz CT molecular complexity index is 788. The highest BCUT2D eigenvalue weighted by Gasteiger charge is 2.31. The summed E-state index contributed by atoms with van der Waals surface area (Å²) in [5.41, 5.74) is 0.102. The molecule has 0 amide bonds. The summed E-state index contributed by atoms with van der Waals surface area (Å²) >= 11 is 7.39. The van der Waals surface area contributed by atoms with Crippen LogP contribution in [0.5, 0.6) is 5.88 Å². The van der Waals surface area contributed by atoms with Gasteiger partial charge in [0.25, 0.3) is 0 Å². The zero-order chi connectivity index (χ0) is 19.9. The van der Waals surface area contributed by atoms with Crippen molar-refractivity contribution >= 4 is 52.9 Å². The van der Waals surface area contributed by atoms with E-state index in [1.165, 1.54) is 0 Å². The lowest BCUT2D eigenvalue weighted by atomic mass is 10.3. The molecule has 0 aliphatic heterocycles. The average Bonchev–Trinajstić information content (AvgIpc) is 3.02. The number of nitrogens with zero attached hydrogens (tertiary/aromatic N) is 3. The molecule has 0 aliphatic carbocycles. The minimum Gasteiger partial charge on any atom is -0.475 e. The highest BCUT2D eigenvalue weighted by Crippen LogP contribution is 2.32. The van der Waals surface area contributed by atoms with Crippen molar-refractivity contribution in [2.75, 3.05) is 26.7 Å². The number of hydrogen-bond donors (Lipinski definition) is 2. The number of alkyl halides is 3. The zero-order valence-electron chi connectivity index (χ0n) is 15.1. The molecule has 2 N–H and O–H groups in total. The quantitative estimate of drug-likeness (QED) is 0.237. The Morgan fingerprint density at radius 2 is 2.04 bits per heavy atom. The van der Waals surface area contributed by atoms with E-state index in [0.29, 0.717) is 25.2 Å². The molecule has 0 atom stereocenters. The number of thiazole rings is 1. The van der Waals surface area contributed by atoms with Crippen LogP contribution in [0.15, 0.2) is 22.6 Å². The summed E-state index contributed by atoms with van der Waals surface area (Å²) in [5.74, 6) is 0.533. The van der Waals surface area contributed by atoms with Crippen LogP contribution >= 0.6 is 46.9 Å². The maximum absolute atomic E-state index is 12.6. The Morgan fingerprint density at radius 3 is 2.61 bits per heavy atom. The van der Waals surface area contributed by atoms with Crippen molar-refractivity contribution in [3.05, 3.63) is 38.9 Å². The molecule has 0 unspecified atom stereocenters. The number of nitrogens with one attached hydrogen (secondary N) is 2. The Morgan fingerprint density at radius 1 is 1.32 bits per heavy atom. The van der Waals surface area contributed by atoms with Crippen molar-refractivity contribution in [3.63, 3.8) is 0 Å². The number of hydrogen-bond acceptors (Lipinski definition) is 5. The molecule has 12 heteroatoms. The fraction of sp³-hybridized carbons (Fsp3) is 0.438. The van der Waals surface area contributed by atoms with Gasteiger partial charge in [-0.3, -0.25) is 4.99 Å². The van der Waals surface area contributed by atoms with Gasteiger partial charge in [0.2, 0.25) is 5.88 Å². The highest BCUT2D eigenvalue weighted by molar-refractivity contribution is 14.0. The summed E-state index contributed by atoms with van der Waals surface area (Å²) in [6.45, 7) is 3.15. The fourth-order valence-corrected chi connectivity index (χ4v) is 2.92. The summed E-state index contributed by atoms with van der Waals surface area (Å²) in [6, 6.07) is 0.790. The van der Waals surface area contributed by atoms with Gasteiger partial charge in [0, 0.05) is 31.6 Å². The van der Waals surface area contributed by atoms with Gasteiger partial charge in [-0.25, -0.2) is 9.97 Å². The molecular formula is C16H20ClF3IN5OS. The third-order valence-corrected chi connectivity index (χ3v) is 4.42. The van der Waals surface area contributed by atoms with Crippen molar-refractivity contribution < 1.29 is 17.9 Å². The van der Waals surface area contributed by atoms with Gasteiger partial charge in [-0.2, -0.15) is 13.2 Å². The summed E-state index contributed by atoms with van der Waals surface area (Å²) in [4.78, 5) is 12.1. The molecule has 0 saturated carbocycles. The van der Waals surface area contributed by atoms with E-state index >= 15 is 0 Å². The van der Waals surface area contributed by atoms with Gasteiger partial charge in [0.1, 0.15) is 11.6 Å². The molecule has 0 spiro atoms. The number of pyridine rings is 1. The van der Waals surface area contributed by atoms with Crippen molar-refractivity contribution in [3.8, 4) is 5.88 Å². The molecule has 2 rings (SSSR count). The van der Waals surface area contributed by atoms with Crippen molar-refractivity contribution in [1.82, 2.24) is 20.6 Å². The Balaban J connectivity index is 0.00000392. The van der Waals surface area contributed by atoms with Gasteiger partial charge >= 0.3 is 6.18 Å². The number of aromatic nitrogens is 2. The lowest BCUT2D eigenvalue weighted by molar-refractivity contribution is -0.137. The molecule has 6 nitrogen and oxygen atoms in total. The first-order valence-electron chi connectivity index (χ1n) is 8.00. The number of aryl methyl sites for hydroxylation is 1. The van der Waals surface area contributed by atoms with E-state index in [4.69, 9.17) is 16.3 Å². The Labute approximate surface area is 187 Å². The predicted octanol–water partition coefficient (Wildman–Crippen LogP) is 3.92. The second-order valence-corrected chi connectivity index (χ2v) is 6.86. The molecular weight excluding hydrogens is 530 g/mol. The monoisotopic (exact) mass is 549 g/mol. The van der Waals surface area contributed by atoms with Gasteiger partial charge in [-0.15, -0.1) is 35.3 Å². The first-order chi connectivity index (χ1) is 12.8. The van der Waals surface area contributed by atoms with Crippen LogP contribution in [-0.4, -0.2) is 42.7 Å². The van der Waals surface area contributed by atoms with Crippen LogP contribution in [0, 0.1) is 6.92 Å². The molecule has 2 aromatic heterocycles. The molecule has 2 aromatic rings. The fourth-order valence-electron chi connectivity index (χ4n) is 2.06. The molecule has 0 aliphatic rings. The molecule has 0 radical (unpaired) electrons. The van der Waals surface area contributed by atoms with Crippen LogP contribution in [0.3, 0.4) is 0 Å². The second kappa shape index (κ2) is 11.6. The van der Waals surface area contributed by atoms with Crippen molar-refractivity contribution in [1.29, 1.82) is 0 Å². The highest BCUT2D eigenvalue weighted by atomic mass is 127. The summed E-state index contributed by atoms with van der Waals surface area (Å²) in [5, 5.41) is 9.03. The molecule has 0 aromatic carbocycles. The minimum atomic E-state index is -4.49. The van der Waals surface area contributed by atoms with E-state index in [2.05, 4.69) is 25.6 Å². The number of aliphatic imine (C=N–C) groups is 1. The maximum atomic E-state index is 12.6. The van der Waals surface area contributed by atoms with Crippen LogP contribution < -0.4 is 15.4 Å². The first kappa shape index (κ1) is 24.7. The summed E-state index contributed by atoms with van der Waals surface area (Å²) < 4.78 is 43.0. The van der Waals surface area contributed by atoms with E-state index in [1.54, 1.807) is 18.4 Å². The van der Waals surface area contributed by atoms with E-state index in [1.807, 2.05) is 12.3 Å². The van der Waals surface area contributed by atoms with Gasteiger partial charge in [0.15, 0.2) is 5.96 Å². The average molecular weight is 550 g/mol. The molecule has 0 saturated heterocycles. The zero-order valence-corrected chi connectivity index (χ0v) is 19.0. The Hall–Kier alpha value is -1.34. The smallest absolute Gasteiger partial charge is 0.417 e. The SMILES string of the molecule is CN=C(NCCOc1ncc(C(F)(F)F)cc1Cl)NCCc1csc(C)n1.I. The van der Waals surface area contributed by atoms with Crippen molar-refractivity contribution in [2.24, 2.45) is 4.99 Å². The van der Waals surface area contributed by atoms with Crippen LogP contribution in [0.2, 0.25) is 5.02 Å². The molecule has 28 heavy (non-hydrogen) atoms. The number of halogens is 5. The summed E-state index contributed by atoms with van der Waals surface area (Å²) in [7, 11) is 1.64. The van der Waals surface area contributed by atoms with Gasteiger partial charge in [-0.05, 0) is 13.0 Å². The van der Waals surface area contributed by atoms with Crippen LogP contribution in [0.4, 0.5) is 13.2 Å². The Kier molecular flexibility index (Phi) is 10.2.